The van der Waals surface area contributed by atoms with Crippen LogP contribution in [0.25, 0.3) is 11.1 Å². The molecule has 8 nitrogen and oxygen atoms in total. The van der Waals surface area contributed by atoms with Crippen molar-refractivity contribution in [1.29, 1.82) is 0 Å². The third-order valence-electron chi connectivity index (χ3n) is 5.88. The lowest BCUT2D eigenvalue weighted by molar-refractivity contribution is 0.406. The Bertz CT molecular complexity index is 1040. The average molecular weight is 354 g/mol. The topological polar surface area (TPSA) is 92.8 Å². The fourth-order valence-electron chi connectivity index (χ4n) is 4.48. The molecule has 3 aromatic heterocycles. The van der Waals surface area contributed by atoms with E-state index in [0.29, 0.717) is 11.6 Å². The van der Waals surface area contributed by atoms with Crippen LogP contribution in [-0.4, -0.2) is 31.4 Å². The van der Waals surface area contributed by atoms with Gasteiger partial charge in [0.15, 0.2) is 5.82 Å². The molecule has 2 fully saturated rings. The zero-order valence-electron chi connectivity index (χ0n) is 15.2. The second kappa shape index (κ2) is 5.43. The Kier molecular flexibility index (Phi) is 3.26. The molecule has 1 saturated heterocycles. The molecule has 0 amide bonds. The molecule has 1 N–H and O–H groups in total. The zero-order valence-corrected chi connectivity index (χ0v) is 15.2. The van der Waals surface area contributed by atoms with Crippen LogP contribution >= 0.6 is 0 Å². The second-order valence-corrected chi connectivity index (χ2v) is 7.61. The van der Waals surface area contributed by atoms with Crippen molar-refractivity contribution in [3.8, 4) is 0 Å². The molecule has 2 unspecified atom stereocenters. The molecule has 0 bridgehead atoms. The molecule has 26 heavy (non-hydrogen) atoms. The van der Waals surface area contributed by atoms with Gasteiger partial charge < -0.3 is 9.42 Å². The minimum absolute atomic E-state index is 0.0748. The van der Waals surface area contributed by atoms with Gasteiger partial charge in [-0.2, -0.15) is 5.10 Å². The van der Waals surface area contributed by atoms with Gasteiger partial charge in [-0.1, -0.05) is 5.16 Å². The summed E-state index contributed by atoms with van der Waals surface area (Å²) >= 11 is 0. The standard InChI is InChI=1S/C18H22N6O2/c1-9-8-13(14-10(2)22-26-17(14)19-9)24-7-6-12(11-4-5-11)15(24)16-20-21-18(25)23(16)3/h8,11-12,15H,4-7H2,1-3H3,(H,21,25). The van der Waals surface area contributed by atoms with Crippen molar-refractivity contribution in [3.63, 3.8) is 0 Å². The van der Waals surface area contributed by atoms with E-state index in [2.05, 4.69) is 31.3 Å². The average Bonchev–Trinajstić information content (AvgIpc) is 3.14. The van der Waals surface area contributed by atoms with Gasteiger partial charge in [-0.15, -0.1) is 0 Å². The van der Waals surface area contributed by atoms with Gasteiger partial charge in [0.05, 0.1) is 22.8 Å². The molecule has 2 aliphatic rings. The molecular weight excluding hydrogens is 332 g/mol. The summed E-state index contributed by atoms with van der Waals surface area (Å²) in [5.74, 6) is 2.03. The summed E-state index contributed by atoms with van der Waals surface area (Å²) in [6.07, 6.45) is 3.64. The van der Waals surface area contributed by atoms with Crippen molar-refractivity contribution >= 4 is 16.8 Å². The molecule has 8 heteroatoms. The summed E-state index contributed by atoms with van der Waals surface area (Å²) in [6.45, 7) is 4.84. The van der Waals surface area contributed by atoms with E-state index in [1.54, 1.807) is 11.6 Å². The predicted octanol–water partition coefficient (Wildman–Crippen LogP) is 2.24. The summed E-state index contributed by atoms with van der Waals surface area (Å²) in [6, 6.07) is 2.17. The zero-order chi connectivity index (χ0) is 18.0. The number of aromatic nitrogens is 5. The van der Waals surface area contributed by atoms with Crippen molar-refractivity contribution < 1.29 is 4.52 Å². The molecule has 2 atom stereocenters. The normalized spacial score (nSPS) is 23.3. The molecule has 4 heterocycles. The minimum Gasteiger partial charge on any atom is -0.360 e. The van der Waals surface area contributed by atoms with E-state index >= 15 is 0 Å². The van der Waals surface area contributed by atoms with Crippen LogP contribution in [0.2, 0.25) is 0 Å². The lowest BCUT2D eigenvalue weighted by atomic mass is 9.94. The van der Waals surface area contributed by atoms with E-state index in [-0.39, 0.29) is 11.7 Å². The molecule has 1 aliphatic carbocycles. The Hall–Kier alpha value is -2.64. The number of H-pyrrole nitrogens is 1. The van der Waals surface area contributed by atoms with E-state index in [9.17, 15) is 4.79 Å². The number of hydrogen-bond acceptors (Lipinski definition) is 6. The van der Waals surface area contributed by atoms with E-state index in [1.807, 2.05) is 13.8 Å². The first-order valence-corrected chi connectivity index (χ1v) is 9.16. The number of fused-ring (bicyclic) bond motifs is 1. The van der Waals surface area contributed by atoms with E-state index in [4.69, 9.17) is 4.52 Å². The van der Waals surface area contributed by atoms with Crippen LogP contribution in [0.15, 0.2) is 15.4 Å². The number of hydrogen-bond donors (Lipinski definition) is 1. The third-order valence-corrected chi connectivity index (χ3v) is 5.88. The summed E-state index contributed by atoms with van der Waals surface area (Å²) in [5.41, 5.74) is 3.22. The largest absolute Gasteiger partial charge is 0.360 e. The Balaban J connectivity index is 1.69. The number of nitrogens with one attached hydrogen (secondary N) is 1. The number of aryl methyl sites for hydroxylation is 2. The quantitative estimate of drug-likeness (QED) is 0.775. The van der Waals surface area contributed by atoms with Crippen LogP contribution in [0.4, 0.5) is 5.69 Å². The molecule has 5 rings (SSSR count). The predicted molar refractivity (Wildman–Crippen MR) is 96.0 cm³/mol. The van der Waals surface area contributed by atoms with Crippen molar-refractivity contribution in [3.05, 3.63) is 33.8 Å². The Morgan fingerprint density at radius 2 is 2.08 bits per heavy atom. The SMILES string of the molecule is Cc1cc(N2CCC(C3CC3)C2c2n[nH]c(=O)n2C)c2c(C)noc2n1. The van der Waals surface area contributed by atoms with Gasteiger partial charge in [0.2, 0.25) is 0 Å². The van der Waals surface area contributed by atoms with Crippen molar-refractivity contribution in [2.24, 2.45) is 18.9 Å². The first-order valence-electron chi connectivity index (χ1n) is 9.16. The van der Waals surface area contributed by atoms with E-state index in [1.165, 1.54) is 12.8 Å². The van der Waals surface area contributed by atoms with Crippen molar-refractivity contribution in [2.75, 3.05) is 11.4 Å². The van der Waals surface area contributed by atoms with Gasteiger partial charge in [0, 0.05) is 19.3 Å². The molecule has 1 saturated carbocycles. The third kappa shape index (κ3) is 2.21. The number of rotatable bonds is 3. The maximum atomic E-state index is 12.0. The molecule has 1 aliphatic heterocycles. The van der Waals surface area contributed by atoms with Gasteiger partial charge in [-0.05, 0) is 51.0 Å². The fourth-order valence-corrected chi connectivity index (χ4v) is 4.48. The molecule has 0 radical (unpaired) electrons. The first kappa shape index (κ1) is 15.6. The van der Waals surface area contributed by atoms with Gasteiger partial charge in [0.1, 0.15) is 0 Å². The Labute approximate surface area is 150 Å². The maximum Gasteiger partial charge on any atom is 0.343 e. The van der Waals surface area contributed by atoms with Crippen LogP contribution in [0.5, 0.6) is 0 Å². The monoisotopic (exact) mass is 354 g/mol. The summed E-state index contributed by atoms with van der Waals surface area (Å²) in [7, 11) is 1.79. The van der Waals surface area contributed by atoms with Gasteiger partial charge >= 0.3 is 5.69 Å². The van der Waals surface area contributed by atoms with Crippen LogP contribution < -0.4 is 10.6 Å². The van der Waals surface area contributed by atoms with E-state index < -0.39 is 0 Å². The van der Waals surface area contributed by atoms with Gasteiger partial charge in [-0.3, -0.25) is 4.57 Å². The van der Waals surface area contributed by atoms with Crippen LogP contribution in [0, 0.1) is 25.7 Å². The number of nitrogens with zero attached hydrogens (tertiary/aromatic N) is 5. The number of pyridine rings is 1. The summed E-state index contributed by atoms with van der Waals surface area (Å²) in [5, 5.41) is 12.1. The minimum atomic E-state index is -0.168. The fraction of sp³-hybridized carbons (Fsp3) is 0.556. The highest BCUT2D eigenvalue weighted by Crippen LogP contribution is 2.51. The Morgan fingerprint density at radius 1 is 1.27 bits per heavy atom. The van der Waals surface area contributed by atoms with Crippen molar-refractivity contribution in [1.82, 2.24) is 24.9 Å². The number of aromatic amines is 1. The van der Waals surface area contributed by atoms with E-state index in [0.717, 1.165) is 47.2 Å². The smallest absolute Gasteiger partial charge is 0.343 e. The highest BCUT2D eigenvalue weighted by atomic mass is 16.5. The summed E-state index contributed by atoms with van der Waals surface area (Å²) < 4.78 is 7.06. The second-order valence-electron chi connectivity index (χ2n) is 7.61. The van der Waals surface area contributed by atoms with Crippen LogP contribution in [0.1, 0.15) is 42.5 Å². The van der Waals surface area contributed by atoms with Crippen LogP contribution in [-0.2, 0) is 7.05 Å². The summed E-state index contributed by atoms with van der Waals surface area (Å²) in [4.78, 5) is 18.9. The maximum absolute atomic E-state index is 12.0. The molecular formula is C18H22N6O2. The molecule has 0 spiro atoms. The highest BCUT2D eigenvalue weighted by Gasteiger charge is 2.46. The lowest BCUT2D eigenvalue weighted by Crippen LogP contribution is -2.30. The number of anilines is 1. The molecule has 136 valence electrons. The van der Waals surface area contributed by atoms with Gasteiger partial charge in [-0.25, -0.2) is 14.9 Å². The Morgan fingerprint density at radius 3 is 2.77 bits per heavy atom. The molecule has 0 aromatic carbocycles. The van der Waals surface area contributed by atoms with Crippen molar-refractivity contribution in [2.45, 2.75) is 39.2 Å². The first-order chi connectivity index (χ1) is 12.5. The van der Waals surface area contributed by atoms with Gasteiger partial charge in [0.25, 0.3) is 5.71 Å². The molecule has 3 aromatic rings. The highest BCUT2D eigenvalue weighted by molar-refractivity contribution is 5.91. The van der Waals surface area contributed by atoms with Crippen LogP contribution in [0.3, 0.4) is 0 Å². The lowest BCUT2D eigenvalue weighted by Gasteiger charge is -2.29.